The second-order valence-corrected chi connectivity index (χ2v) is 8.15. The Kier molecular flexibility index (Phi) is 5.97. The Hall–Kier alpha value is -2.10. The number of amides is 2. The maximum atomic E-state index is 12.6. The van der Waals surface area contributed by atoms with Crippen molar-refractivity contribution in [3.63, 3.8) is 0 Å². The fraction of sp³-hybridized carbons (Fsp3) is 0.684. The number of ether oxygens (including phenoxy) is 1. The van der Waals surface area contributed by atoms with E-state index in [9.17, 15) is 14.7 Å². The first-order chi connectivity index (χ1) is 13.3. The van der Waals surface area contributed by atoms with E-state index in [1.54, 1.807) is 9.80 Å². The van der Waals surface area contributed by atoms with Crippen molar-refractivity contribution in [3.05, 3.63) is 24.3 Å². The Bertz CT molecular complexity index is 706. The highest BCUT2D eigenvalue weighted by Gasteiger charge is 2.54. The zero-order chi connectivity index (χ0) is 20.4. The molecule has 2 atom stereocenters. The summed E-state index contributed by atoms with van der Waals surface area (Å²) in [5, 5.41) is 14.1. The molecule has 3 heterocycles. The van der Waals surface area contributed by atoms with Gasteiger partial charge in [0.15, 0.2) is 0 Å². The van der Waals surface area contributed by atoms with E-state index in [-0.39, 0.29) is 18.4 Å². The fourth-order valence-corrected chi connectivity index (χ4v) is 4.12. The summed E-state index contributed by atoms with van der Waals surface area (Å²) in [5.41, 5.74) is -1.22. The summed E-state index contributed by atoms with van der Waals surface area (Å²) >= 11 is 0. The third-order valence-electron chi connectivity index (χ3n) is 5.68. The molecule has 2 fully saturated rings. The molecule has 3 rings (SSSR count). The molecule has 2 aliphatic heterocycles. The second-order valence-electron chi connectivity index (χ2n) is 8.15. The molecular formula is C19H29N5O4. The number of nitrogens with one attached hydrogen (secondary N) is 1. The van der Waals surface area contributed by atoms with Crippen LogP contribution >= 0.6 is 0 Å². The number of aliphatic hydroxyl groups is 1. The summed E-state index contributed by atoms with van der Waals surface area (Å²) in [7, 11) is 3.65. The van der Waals surface area contributed by atoms with Crippen LogP contribution in [0.15, 0.2) is 18.6 Å². The predicted octanol–water partition coefficient (Wildman–Crippen LogP) is -0.331. The predicted molar refractivity (Wildman–Crippen MR) is 102 cm³/mol. The van der Waals surface area contributed by atoms with Crippen molar-refractivity contribution in [2.45, 2.75) is 43.4 Å². The van der Waals surface area contributed by atoms with Crippen molar-refractivity contribution in [1.29, 1.82) is 0 Å². The minimum Gasteiger partial charge on any atom is -0.388 e. The van der Waals surface area contributed by atoms with Gasteiger partial charge in [-0.05, 0) is 40.3 Å². The molecule has 1 aromatic rings. The van der Waals surface area contributed by atoms with Crippen molar-refractivity contribution in [3.8, 4) is 0 Å². The third kappa shape index (κ3) is 4.16. The molecular weight excluding hydrogens is 362 g/mol. The molecule has 0 radical (unpaired) electrons. The van der Waals surface area contributed by atoms with Crippen LogP contribution in [0, 0.1) is 0 Å². The molecule has 2 aliphatic rings. The van der Waals surface area contributed by atoms with Crippen LogP contribution in [0.5, 0.6) is 0 Å². The van der Waals surface area contributed by atoms with Gasteiger partial charge in [0.2, 0.25) is 5.91 Å². The standard InChI is InChI=1S/C19H29N5O4/c1-18(22-15(25)13-23(2)3)6-11-28-19(17(18)27)4-9-24(10-5-19)16(26)14-12-20-7-8-21-14/h7-8,12,17,27H,4-6,9-11,13H2,1-3H3,(H,22,25)/t17-,18+/m1/s1. The number of hydrogen-bond acceptors (Lipinski definition) is 7. The first-order valence-electron chi connectivity index (χ1n) is 9.59. The number of piperidine rings is 1. The number of likely N-dealkylation sites (tertiary alicyclic amines) is 1. The van der Waals surface area contributed by atoms with E-state index in [4.69, 9.17) is 4.74 Å². The van der Waals surface area contributed by atoms with Gasteiger partial charge in [0.25, 0.3) is 5.91 Å². The van der Waals surface area contributed by atoms with Crippen LogP contribution in [-0.2, 0) is 9.53 Å². The normalized spacial score (nSPS) is 27.0. The van der Waals surface area contributed by atoms with Gasteiger partial charge in [0.1, 0.15) is 11.8 Å². The summed E-state index contributed by atoms with van der Waals surface area (Å²) in [6.07, 6.45) is 5.16. The van der Waals surface area contributed by atoms with Gasteiger partial charge in [-0.2, -0.15) is 0 Å². The summed E-state index contributed by atoms with van der Waals surface area (Å²) in [6.45, 7) is 3.49. The van der Waals surface area contributed by atoms with Gasteiger partial charge in [-0.3, -0.25) is 14.6 Å². The monoisotopic (exact) mass is 391 g/mol. The molecule has 1 spiro atoms. The molecule has 0 unspecified atom stereocenters. The van der Waals surface area contributed by atoms with Gasteiger partial charge in [0.05, 0.1) is 23.9 Å². The average Bonchev–Trinajstić information content (AvgIpc) is 2.66. The highest BCUT2D eigenvalue weighted by molar-refractivity contribution is 5.92. The minimum atomic E-state index is -0.853. The Balaban J connectivity index is 1.66. The van der Waals surface area contributed by atoms with Crippen LogP contribution in [0.1, 0.15) is 36.7 Å². The number of carbonyl (C=O) groups excluding carboxylic acids is 2. The SMILES string of the molecule is CN(C)CC(=O)N[C@@]1(C)CCOC2(CCN(C(=O)c3cnccn3)CC2)[C@@H]1O. The molecule has 1 aromatic heterocycles. The van der Waals surface area contributed by atoms with Crippen molar-refractivity contribution in [1.82, 2.24) is 25.1 Å². The molecule has 0 bridgehead atoms. The lowest BCUT2D eigenvalue weighted by atomic mass is 9.73. The lowest BCUT2D eigenvalue weighted by Crippen LogP contribution is -2.69. The lowest BCUT2D eigenvalue weighted by molar-refractivity contribution is -0.205. The zero-order valence-electron chi connectivity index (χ0n) is 16.7. The Morgan fingerprint density at radius 2 is 2.04 bits per heavy atom. The number of rotatable bonds is 4. The maximum Gasteiger partial charge on any atom is 0.274 e. The van der Waals surface area contributed by atoms with E-state index in [1.807, 2.05) is 21.0 Å². The maximum absolute atomic E-state index is 12.6. The molecule has 9 nitrogen and oxygen atoms in total. The average molecular weight is 391 g/mol. The van der Waals surface area contributed by atoms with E-state index in [0.29, 0.717) is 44.7 Å². The van der Waals surface area contributed by atoms with Crippen molar-refractivity contribution in [2.75, 3.05) is 40.3 Å². The first-order valence-corrected chi connectivity index (χ1v) is 9.59. The van der Waals surface area contributed by atoms with Crippen LogP contribution in [0.4, 0.5) is 0 Å². The third-order valence-corrected chi connectivity index (χ3v) is 5.68. The number of carbonyl (C=O) groups is 2. The minimum absolute atomic E-state index is 0.126. The van der Waals surface area contributed by atoms with Crippen LogP contribution in [0.25, 0.3) is 0 Å². The Labute approximate surface area is 165 Å². The molecule has 2 amide bonds. The van der Waals surface area contributed by atoms with Crippen molar-refractivity contribution in [2.24, 2.45) is 0 Å². The van der Waals surface area contributed by atoms with Crippen LogP contribution < -0.4 is 5.32 Å². The molecule has 28 heavy (non-hydrogen) atoms. The summed E-state index contributed by atoms with van der Waals surface area (Å²) in [5.74, 6) is -0.297. The Morgan fingerprint density at radius 1 is 1.32 bits per heavy atom. The molecule has 154 valence electrons. The molecule has 2 saturated heterocycles. The van der Waals surface area contributed by atoms with E-state index >= 15 is 0 Å². The van der Waals surface area contributed by atoms with Gasteiger partial charge in [-0.1, -0.05) is 0 Å². The van der Waals surface area contributed by atoms with E-state index in [1.165, 1.54) is 18.6 Å². The highest BCUT2D eigenvalue weighted by Crippen LogP contribution is 2.40. The van der Waals surface area contributed by atoms with Gasteiger partial charge in [-0.25, -0.2) is 4.98 Å². The van der Waals surface area contributed by atoms with Gasteiger partial charge >= 0.3 is 0 Å². The number of likely N-dealkylation sites (N-methyl/N-ethyl adjacent to an activating group) is 1. The fourth-order valence-electron chi connectivity index (χ4n) is 4.12. The quantitative estimate of drug-likeness (QED) is 0.723. The summed E-state index contributed by atoms with van der Waals surface area (Å²) in [4.78, 5) is 36.4. The topological polar surface area (TPSA) is 108 Å². The van der Waals surface area contributed by atoms with Crippen molar-refractivity contribution < 1.29 is 19.4 Å². The molecule has 0 aromatic carbocycles. The lowest BCUT2D eigenvalue weighted by Gasteiger charge is -2.53. The number of nitrogens with zero attached hydrogens (tertiary/aromatic N) is 4. The van der Waals surface area contributed by atoms with Gasteiger partial charge in [-0.15, -0.1) is 0 Å². The summed E-state index contributed by atoms with van der Waals surface area (Å²) in [6, 6.07) is 0. The number of hydrogen-bond donors (Lipinski definition) is 2. The van der Waals surface area contributed by atoms with E-state index in [0.717, 1.165) is 0 Å². The first kappa shape index (κ1) is 20.6. The molecule has 0 saturated carbocycles. The second kappa shape index (κ2) is 8.10. The molecule has 0 aliphatic carbocycles. The highest BCUT2D eigenvalue weighted by atomic mass is 16.5. The number of aromatic nitrogens is 2. The number of aliphatic hydroxyl groups excluding tert-OH is 1. The van der Waals surface area contributed by atoms with Crippen LogP contribution in [0.3, 0.4) is 0 Å². The zero-order valence-corrected chi connectivity index (χ0v) is 16.7. The summed E-state index contributed by atoms with van der Waals surface area (Å²) < 4.78 is 6.03. The van der Waals surface area contributed by atoms with E-state index < -0.39 is 17.2 Å². The van der Waals surface area contributed by atoms with E-state index in [2.05, 4.69) is 15.3 Å². The molecule has 9 heteroatoms. The van der Waals surface area contributed by atoms with Gasteiger partial charge in [0, 0.05) is 32.1 Å². The van der Waals surface area contributed by atoms with Gasteiger partial charge < -0.3 is 25.0 Å². The smallest absolute Gasteiger partial charge is 0.274 e. The largest absolute Gasteiger partial charge is 0.388 e. The Morgan fingerprint density at radius 3 is 2.64 bits per heavy atom. The van der Waals surface area contributed by atoms with Crippen molar-refractivity contribution >= 4 is 11.8 Å². The molecule has 2 N–H and O–H groups in total. The van der Waals surface area contributed by atoms with Crippen LogP contribution in [-0.4, -0.2) is 94.3 Å². The van der Waals surface area contributed by atoms with Crippen LogP contribution in [0.2, 0.25) is 0 Å².